The monoisotopic (exact) mass is 275 g/mol. The lowest BCUT2D eigenvalue weighted by Gasteiger charge is -2.18. The Bertz CT molecular complexity index is 602. The number of pyridine rings is 1. The van der Waals surface area contributed by atoms with Crippen molar-refractivity contribution in [3.63, 3.8) is 0 Å². The summed E-state index contributed by atoms with van der Waals surface area (Å²) in [5.74, 6) is 1.32. The molecule has 1 aromatic carbocycles. The largest absolute Gasteiger partial charge is 0.494 e. The molecular formula is C16H21NO3. The number of benzene rings is 1. The summed E-state index contributed by atoms with van der Waals surface area (Å²) in [6.07, 6.45) is 1.37. The van der Waals surface area contributed by atoms with E-state index in [-0.39, 0.29) is 0 Å². The van der Waals surface area contributed by atoms with Gasteiger partial charge in [-0.2, -0.15) is 0 Å². The van der Waals surface area contributed by atoms with Gasteiger partial charge in [-0.3, -0.25) is 0 Å². The number of hydrogen-bond acceptors (Lipinski definition) is 4. The third-order valence-corrected chi connectivity index (χ3v) is 3.27. The summed E-state index contributed by atoms with van der Waals surface area (Å²) >= 11 is 0. The van der Waals surface area contributed by atoms with Crippen LogP contribution in [0.2, 0.25) is 0 Å². The molecule has 2 rings (SSSR count). The molecule has 0 amide bonds. The third kappa shape index (κ3) is 3.20. The van der Waals surface area contributed by atoms with Gasteiger partial charge in [-0.25, -0.2) is 4.98 Å². The SMILES string of the molecule is COc1nc2c(OC)cccc2cc1CCC(C)(C)O. The summed E-state index contributed by atoms with van der Waals surface area (Å²) in [5, 5.41) is 10.9. The number of aromatic nitrogens is 1. The Morgan fingerprint density at radius 2 is 1.95 bits per heavy atom. The first kappa shape index (κ1) is 14.6. The minimum Gasteiger partial charge on any atom is -0.494 e. The predicted molar refractivity (Wildman–Crippen MR) is 79.5 cm³/mol. The fourth-order valence-electron chi connectivity index (χ4n) is 2.16. The maximum Gasteiger partial charge on any atom is 0.216 e. The van der Waals surface area contributed by atoms with E-state index in [1.54, 1.807) is 28.1 Å². The van der Waals surface area contributed by atoms with Gasteiger partial charge >= 0.3 is 0 Å². The molecular weight excluding hydrogens is 254 g/mol. The molecule has 108 valence electrons. The number of aryl methyl sites for hydroxylation is 1. The van der Waals surface area contributed by atoms with Gasteiger partial charge in [0.2, 0.25) is 5.88 Å². The van der Waals surface area contributed by atoms with Crippen molar-refractivity contribution in [2.24, 2.45) is 0 Å². The van der Waals surface area contributed by atoms with E-state index in [0.29, 0.717) is 18.7 Å². The lowest BCUT2D eigenvalue weighted by atomic mass is 9.98. The molecule has 0 radical (unpaired) electrons. The van der Waals surface area contributed by atoms with Crippen molar-refractivity contribution in [3.05, 3.63) is 29.8 Å². The van der Waals surface area contributed by atoms with Crippen LogP contribution in [-0.4, -0.2) is 29.9 Å². The quantitative estimate of drug-likeness (QED) is 0.911. The van der Waals surface area contributed by atoms with Crippen LogP contribution >= 0.6 is 0 Å². The van der Waals surface area contributed by atoms with Crippen molar-refractivity contribution in [1.82, 2.24) is 4.98 Å². The minimum atomic E-state index is -0.700. The first-order valence-electron chi connectivity index (χ1n) is 6.67. The molecule has 0 aliphatic carbocycles. The fraction of sp³-hybridized carbons (Fsp3) is 0.438. The minimum absolute atomic E-state index is 0.589. The van der Waals surface area contributed by atoms with Crippen LogP contribution in [0.3, 0.4) is 0 Å². The van der Waals surface area contributed by atoms with Gasteiger partial charge in [0, 0.05) is 10.9 Å². The van der Waals surface area contributed by atoms with Crippen molar-refractivity contribution < 1.29 is 14.6 Å². The molecule has 1 N–H and O–H groups in total. The Labute approximate surface area is 119 Å². The predicted octanol–water partition coefficient (Wildman–Crippen LogP) is 2.96. The number of ether oxygens (including phenoxy) is 2. The molecule has 20 heavy (non-hydrogen) atoms. The second kappa shape index (κ2) is 5.67. The van der Waals surface area contributed by atoms with Gasteiger partial charge in [0.05, 0.1) is 19.8 Å². The van der Waals surface area contributed by atoms with E-state index in [0.717, 1.165) is 22.2 Å². The van der Waals surface area contributed by atoms with Crippen LogP contribution in [0.15, 0.2) is 24.3 Å². The smallest absolute Gasteiger partial charge is 0.216 e. The average molecular weight is 275 g/mol. The highest BCUT2D eigenvalue weighted by atomic mass is 16.5. The van der Waals surface area contributed by atoms with E-state index in [9.17, 15) is 5.11 Å². The lowest BCUT2D eigenvalue weighted by molar-refractivity contribution is 0.0712. The normalized spacial score (nSPS) is 11.7. The maximum atomic E-state index is 9.86. The molecule has 0 bridgehead atoms. The number of aliphatic hydroxyl groups is 1. The lowest BCUT2D eigenvalue weighted by Crippen LogP contribution is -2.19. The van der Waals surface area contributed by atoms with Gasteiger partial charge in [0.1, 0.15) is 11.3 Å². The highest BCUT2D eigenvalue weighted by Gasteiger charge is 2.16. The summed E-state index contributed by atoms with van der Waals surface area (Å²) in [6.45, 7) is 3.61. The summed E-state index contributed by atoms with van der Waals surface area (Å²) in [5.41, 5.74) is 1.09. The van der Waals surface area contributed by atoms with Crippen molar-refractivity contribution in [2.45, 2.75) is 32.3 Å². The van der Waals surface area contributed by atoms with Gasteiger partial charge in [-0.05, 0) is 38.8 Å². The molecule has 0 saturated heterocycles. The molecule has 4 heteroatoms. The van der Waals surface area contributed by atoms with E-state index in [1.807, 2.05) is 18.2 Å². The van der Waals surface area contributed by atoms with E-state index >= 15 is 0 Å². The third-order valence-electron chi connectivity index (χ3n) is 3.27. The van der Waals surface area contributed by atoms with Gasteiger partial charge in [-0.1, -0.05) is 12.1 Å². The van der Waals surface area contributed by atoms with Crippen molar-refractivity contribution >= 4 is 10.9 Å². The number of para-hydroxylation sites is 1. The molecule has 2 aromatic rings. The topological polar surface area (TPSA) is 51.6 Å². The molecule has 4 nitrogen and oxygen atoms in total. The zero-order valence-corrected chi connectivity index (χ0v) is 12.4. The van der Waals surface area contributed by atoms with E-state index < -0.39 is 5.60 Å². The van der Waals surface area contributed by atoms with Gasteiger partial charge < -0.3 is 14.6 Å². The van der Waals surface area contributed by atoms with Crippen molar-refractivity contribution in [2.75, 3.05) is 14.2 Å². The van der Waals surface area contributed by atoms with Crippen LogP contribution in [0.1, 0.15) is 25.8 Å². The maximum absolute atomic E-state index is 9.86. The molecule has 1 heterocycles. The molecule has 1 aromatic heterocycles. The Morgan fingerprint density at radius 3 is 2.55 bits per heavy atom. The molecule has 0 unspecified atom stereocenters. The molecule has 0 aliphatic heterocycles. The second-order valence-corrected chi connectivity index (χ2v) is 5.50. The highest BCUT2D eigenvalue weighted by molar-refractivity contribution is 5.85. The molecule has 0 aliphatic rings. The first-order chi connectivity index (χ1) is 9.44. The van der Waals surface area contributed by atoms with Crippen LogP contribution in [0.4, 0.5) is 0 Å². The highest BCUT2D eigenvalue weighted by Crippen LogP contribution is 2.30. The van der Waals surface area contributed by atoms with E-state index in [1.165, 1.54) is 0 Å². The summed E-state index contributed by atoms with van der Waals surface area (Å²) < 4.78 is 10.7. The molecule has 0 fully saturated rings. The van der Waals surface area contributed by atoms with E-state index in [2.05, 4.69) is 11.1 Å². The summed E-state index contributed by atoms with van der Waals surface area (Å²) in [4.78, 5) is 4.54. The number of rotatable bonds is 5. The van der Waals surface area contributed by atoms with Gasteiger partial charge in [0.25, 0.3) is 0 Å². The number of fused-ring (bicyclic) bond motifs is 1. The molecule has 0 spiro atoms. The molecule has 0 saturated carbocycles. The van der Waals surface area contributed by atoms with Crippen LogP contribution in [-0.2, 0) is 6.42 Å². The van der Waals surface area contributed by atoms with Gasteiger partial charge in [-0.15, -0.1) is 0 Å². The number of hydrogen-bond donors (Lipinski definition) is 1. The zero-order valence-electron chi connectivity index (χ0n) is 12.4. The van der Waals surface area contributed by atoms with Crippen molar-refractivity contribution in [1.29, 1.82) is 0 Å². The summed E-state index contributed by atoms with van der Waals surface area (Å²) in [6, 6.07) is 7.87. The van der Waals surface area contributed by atoms with Crippen molar-refractivity contribution in [3.8, 4) is 11.6 Å². The second-order valence-electron chi connectivity index (χ2n) is 5.50. The van der Waals surface area contributed by atoms with Crippen LogP contribution in [0, 0.1) is 0 Å². The standard InChI is InChI=1S/C16H21NO3/c1-16(2,18)9-8-12-10-11-6-5-7-13(19-3)14(11)17-15(12)20-4/h5-7,10,18H,8-9H2,1-4H3. The summed E-state index contributed by atoms with van der Waals surface area (Å²) in [7, 11) is 3.24. The molecule has 0 atom stereocenters. The van der Waals surface area contributed by atoms with Crippen LogP contribution in [0.5, 0.6) is 11.6 Å². The Kier molecular flexibility index (Phi) is 4.14. The number of nitrogens with zero attached hydrogens (tertiary/aromatic N) is 1. The Morgan fingerprint density at radius 1 is 1.20 bits per heavy atom. The van der Waals surface area contributed by atoms with Crippen LogP contribution < -0.4 is 9.47 Å². The average Bonchev–Trinajstić information content (AvgIpc) is 2.42. The number of methoxy groups -OCH3 is 2. The van der Waals surface area contributed by atoms with Crippen LogP contribution in [0.25, 0.3) is 10.9 Å². The fourth-order valence-corrected chi connectivity index (χ4v) is 2.16. The zero-order chi connectivity index (χ0) is 14.8. The van der Waals surface area contributed by atoms with Gasteiger partial charge in [0.15, 0.2) is 0 Å². The first-order valence-corrected chi connectivity index (χ1v) is 6.67. The van der Waals surface area contributed by atoms with E-state index in [4.69, 9.17) is 9.47 Å². The Balaban J connectivity index is 2.45. The Hall–Kier alpha value is -1.81.